The molecule has 0 saturated carbocycles. The molecule has 7 nitrogen and oxygen atoms in total. The van der Waals surface area contributed by atoms with Gasteiger partial charge >= 0.3 is 0 Å². The monoisotopic (exact) mass is 500 g/mol. The lowest BCUT2D eigenvalue weighted by Gasteiger charge is -2.20. The zero-order chi connectivity index (χ0) is 26.5. The van der Waals surface area contributed by atoms with Crippen LogP contribution >= 0.6 is 0 Å². The number of fused-ring (bicyclic) bond motifs is 1. The summed E-state index contributed by atoms with van der Waals surface area (Å²) in [4.78, 5) is 20.4. The lowest BCUT2D eigenvalue weighted by atomic mass is 10.0. The maximum absolute atomic E-state index is 13.8. The molecule has 4 rings (SSSR count). The quantitative estimate of drug-likeness (QED) is 0.300. The van der Waals surface area contributed by atoms with Crippen LogP contribution in [0.5, 0.6) is 23.0 Å². The molecule has 0 aliphatic rings. The van der Waals surface area contributed by atoms with E-state index in [1.54, 1.807) is 33.3 Å². The molecule has 0 radical (unpaired) electrons. The number of pyridine rings is 1. The summed E-state index contributed by atoms with van der Waals surface area (Å²) in [5, 5.41) is 0.819. The van der Waals surface area contributed by atoms with Crippen LogP contribution in [-0.4, -0.2) is 57.8 Å². The second kappa shape index (κ2) is 11.2. The molecule has 0 aliphatic carbocycles. The van der Waals surface area contributed by atoms with Gasteiger partial charge < -0.3 is 23.8 Å². The number of methoxy groups -OCH3 is 4. The van der Waals surface area contributed by atoms with E-state index < -0.39 is 0 Å². The molecule has 0 N–H and O–H groups in total. The zero-order valence-electron chi connectivity index (χ0n) is 22.1. The number of aryl methyl sites for hydroxylation is 1. The summed E-state index contributed by atoms with van der Waals surface area (Å²) in [6.45, 7) is 2.54. The second-order valence-electron chi connectivity index (χ2n) is 8.81. The molecule has 7 heteroatoms. The molecule has 4 aromatic rings. The SMILES string of the molecule is COc1ccc(-c2cc(C(=O)N(C)CCc3ccc(OC)c(OC)c3)c3cc(C)ccc3n2)c(OC)c1. The first kappa shape index (κ1) is 25.8. The van der Waals surface area contributed by atoms with Crippen LogP contribution in [0, 0.1) is 6.92 Å². The zero-order valence-corrected chi connectivity index (χ0v) is 22.1. The van der Waals surface area contributed by atoms with Crippen molar-refractivity contribution >= 4 is 16.8 Å². The predicted octanol–water partition coefficient (Wildman–Crippen LogP) is 5.56. The summed E-state index contributed by atoms with van der Waals surface area (Å²) in [6.07, 6.45) is 0.670. The lowest BCUT2D eigenvalue weighted by molar-refractivity contribution is 0.0798. The Morgan fingerprint density at radius 2 is 1.57 bits per heavy atom. The van der Waals surface area contributed by atoms with Crippen LogP contribution in [0.1, 0.15) is 21.5 Å². The third-order valence-corrected chi connectivity index (χ3v) is 6.41. The molecule has 0 saturated heterocycles. The second-order valence-corrected chi connectivity index (χ2v) is 8.81. The van der Waals surface area contributed by atoms with Gasteiger partial charge in [-0.1, -0.05) is 17.7 Å². The van der Waals surface area contributed by atoms with E-state index in [1.807, 2.05) is 74.6 Å². The molecule has 0 spiro atoms. The highest BCUT2D eigenvalue weighted by Gasteiger charge is 2.20. The number of carbonyl (C=O) groups excluding carboxylic acids is 1. The lowest BCUT2D eigenvalue weighted by Crippen LogP contribution is -2.29. The smallest absolute Gasteiger partial charge is 0.254 e. The van der Waals surface area contributed by atoms with Gasteiger partial charge in [-0.15, -0.1) is 0 Å². The molecule has 1 amide bonds. The van der Waals surface area contributed by atoms with E-state index in [1.165, 1.54) is 0 Å². The Morgan fingerprint density at radius 3 is 2.27 bits per heavy atom. The Bertz CT molecular complexity index is 1430. The van der Waals surface area contributed by atoms with E-state index in [0.717, 1.165) is 27.6 Å². The van der Waals surface area contributed by atoms with Crippen molar-refractivity contribution < 1.29 is 23.7 Å². The average molecular weight is 501 g/mol. The number of amides is 1. The fraction of sp³-hybridized carbons (Fsp3) is 0.267. The third-order valence-electron chi connectivity index (χ3n) is 6.41. The molecular weight excluding hydrogens is 468 g/mol. The Morgan fingerprint density at radius 1 is 0.811 bits per heavy atom. The average Bonchev–Trinajstić information content (AvgIpc) is 2.94. The van der Waals surface area contributed by atoms with Crippen LogP contribution in [0.2, 0.25) is 0 Å². The molecule has 1 heterocycles. The normalized spacial score (nSPS) is 10.8. The van der Waals surface area contributed by atoms with Crippen LogP contribution < -0.4 is 18.9 Å². The number of nitrogens with zero attached hydrogens (tertiary/aromatic N) is 2. The number of hydrogen-bond acceptors (Lipinski definition) is 6. The minimum Gasteiger partial charge on any atom is -0.497 e. The van der Waals surface area contributed by atoms with E-state index in [0.29, 0.717) is 47.2 Å². The van der Waals surface area contributed by atoms with E-state index >= 15 is 0 Å². The van der Waals surface area contributed by atoms with E-state index in [-0.39, 0.29) is 5.91 Å². The van der Waals surface area contributed by atoms with Crippen LogP contribution in [0.25, 0.3) is 22.2 Å². The van der Waals surface area contributed by atoms with Gasteiger partial charge in [0.2, 0.25) is 0 Å². The number of aromatic nitrogens is 1. The fourth-order valence-corrected chi connectivity index (χ4v) is 4.30. The maximum atomic E-state index is 13.8. The molecule has 0 atom stereocenters. The van der Waals surface area contributed by atoms with Crippen molar-refractivity contribution in [3.8, 4) is 34.3 Å². The van der Waals surface area contributed by atoms with E-state index in [2.05, 4.69) is 0 Å². The Kier molecular flexibility index (Phi) is 7.82. The van der Waals surface area contributed by atoms with Gasteiger partial charge in [-0.3, -0.25) is 4.79 Å². The summed E-state index contributed by atoms with van der Waals surface area (Å²) >= 11 is 0. The highest BCUT2D eigenvalue weighted by molar-refractivity contribution is 6.07. The minimum atomic E-state index is -0.0767. The molecule has 1 aromatic heterocycles. The predicted molar refractivity (Wildman–Crippen MR) is 145 cm³/mol. The summed E-state index contributed by atoms with van der Waals surface area (Å²) in [7, 11) is 8.26. The van der Waals surface area contributed by atoms with Crippen LogP contribution in [0.3, 0.4) is 0 Å². The number of benzene rings is 3. The van der Waals surface area contributed by atoms with Gasteiger partial charge in [0, 0.05) is 30.6 Å². The summed E-state index contributed by atoms with van der Waals surface area (Å²) < 4.78 is 21.7. The van der Waals surface area contributed by atoms with Gasteiger partial charge in [0.05, 0.1) is 45.2 Å². The summed E-state index contributed by atoms with van der Waals surface area (Å²) in [5.74, 6) is 2.58. The van der Waals surface area contributed by atoms with Crippen molar-refractivity contribution in [3.63, 3.8) is 0 Å². The summed E-state index contributed by atoms with van der Waals surface area (Å²) in [5.41, 5.74) is 4.90. The fourth-order valence-electron chi connectivity index (χ4n) is 4.30. The number of ether oxygens (including phenoxy) is 4. The van der Waals surface area contributed by atoms with Crippen molar-refractivity contribution in [2.75, 3.05) is 42.0 Å². The molecule has 0 bridgehead atoms. The topological polar surface area (TPSA) is 70.1 Å². The van der Waals surface area contributed by atoms with Gasteiger partial charge in [0.15, 0.2) is 11.5 Å². The van der Waals surface area contributed by atoms with Crippen LogP contribution in [0.4, 0.5) is 0 Å². The maximum Gasteiger partial charge on any atom is 0.254 e. The largest absolute Gasteiger partial charge is 0.497 e. The van der Waals surface area contributed by atoms with Crippen LogP contribution in [0.15, 0.2) is 60.7 Å². The Balaban J connectivity index is 1.69. The van der Waals surface area contributed by atoms with E-state index in [9.17, 15) is 4.79 Å². The molecule has 0 aliphatic heterocycles. The van der Waals surface area contributed by atoms with Gasteiger partial charge in [0.25, 0.3) is 5.91 Å². The third kappa shape index (κ3) is 5.45. The molecular formula is C30H32N2O5. The standard InChI is InChI=1S/C30H32N2O5/c1-19-7-11-25-23(15-19)24(18-26(31-25)22-10-9-21(34-3)17-28(22)36-5)30(33)32(2)14-13-20-8-12-27(35-4)29(16-20)37-6/h7-12,15-18H,13-14H2,1-6H3. The highest BCUT2D eigenvalue weighted by Crippen LogP contribution is 2.35. The molecule has 0 fully saturated rings. The highest BCUT2D eigenvalue weighted by atomic mass is 16.5. The van der Waals surface area contributed by atoms with Crippen molar-refractivity contribution in [3.05, 3.63) is 77.4 Å². The van der Waals surface area contributed by atoms with Crippen molar-refractivity contribution in [1.29, 1.82) is 0 Å². The van der Waals surface area contributed by atoms with Gasteiger partial charge in [-0.25, -0.2) is 4.98 Å². The van der Waals surface area contributed by atoms with Crippen molar-refractivity contribution in [1.82, 2.24) is 9.88 Å². The molecule has 3 aromatic carbocycles. The van der Waals surface area contributed by atoms with Crippen molar-refractivity contribution in [2.45, 2.75) is 13.3 Å². The number of rotatable bonds is 9. The number of hydrogen-bond donors (Lipinski definition) is 0. The van der Waals surface area contributed by atoms with Gasteiger partial charge in [-0.2, -0.15) is 0 Å². The number of likely N-dealkylation sites (N-methyl/N-ethyl adjacent to an activating group) is 1. The van der Waals surface area contributed by atoms with Crippen LogP contribution in [-0.2, 0) is 6.42 Å². The van der Waals surface area contributed by atoms with Gasteiger partial charge in [0.1, 0.15) is 11.5 Å². The molecule has 0 unspecified atom stereocenters. The van der Waals surface area contributed by atoms with Gasteiger partial charge in [-0.05, 0) is 61.4 Å². The Labute approximate surface area is 217 Å². The minimum absolute atomic E-state index is 0.0767. The van der Waals surface area contributed by atoms with Crippen molar-refractivity contribution in [2.24, 2.45) is 0 Å². The molecule has 37 heavy (non-hydrogen) atoms. The van der Waals surface area contributed by atoms with E-state index in [4.69, 9.17) is 23.9 Å². The first-order valence-electron chi connectivity index (χ1n) is 12.0. The molecule has 192 valence electrons. The Hall–Kier alpha value is -4.26. The first-order chi connectivity index (χ1) is 17.9. The summed E-state index contributed by atoms with van der Waals surface area (Å²) in [6, 6.07) is 19.2. The first-order valence-corrected chi connectivity index (χ1v) is 12.0. The number of carbonyl (C=O) groups is 1.